The molecule has 4 rings (SSSR count). The van der Waals surface area contributed by atoms with Crippen LogP contribution in [0.5, 0.6) is 0 Å². The number of hydrogen-bond donors (Lipinski definition) is 2. The first-order valence-electron chi connectivity index (χ1n) is 9.99. The van der Waals surface area contributed by atoms with Gasteiger partial charge in [0.2, 0.25) is 5.91 Å². The van der Waals surface area contributed by atoms with E-state index >= 15 is 0 Å². The fourth-order valence-corrected chi connectivity index (χ4v) is 3.77. The second kappa shape index (κ2) is 8.02. The van der Waals surface area contributed by atoms with E-state index in [1.807, 2.05) is 60.8 Å². The maximum absolute atomic E-state index is 12.7. The molecular weight excluding hydrogens is 380 g/mol. The average molecular weight is 404 g/mol. The maximum atomic E-state index is 12.7. The number of carbonyl (C=O) groups is 3. The number of anilines is 1. The van der Waals surface area contributed by atoms with Crippen molar-refractivity contribution in [1.29, 1.82) is 0 Å². The van der Waals surface area contributed by atoms with Gasteiger partial charge in [0.1, 0.15) is 6.04 Å². The summed E-state index contributed by atoms with van der Waals surface area (Å²) in [5.41, 5.74) is 2.57. The smallest absolute Gasteiger partial charge is 0.325 e. The molecule has 0 bridgehead atoms. The van der Waals surface area contributed by atoms with Gasteiger partial charge in [-0.05, 0) is 37.6 Å². The molecule has 30 heavy (non-hydrogen) atoms. The molecule has 0 aliphatic carbocycles. The zero-order chi connectivity index (χ0) is 21.3. The summed E-state index contributed by atoms with van der Waals surface area (Å²) in [4.78, 5) is 38.7. The molecule has 0 saturated carbocycles. The summed E-state index contributed by atoms with van der Waals surface area (Å²) in [6, 6.07) is 15.9. The number of carbonyl (C=O) groups excluding carboxylic acids is 3. The standard InChI is InChI=1S/C23H24N4O3/c1-15(2)26-12-11-17-18(9-6-10-20(17)26)24-21(28)13-19-22(29)27(23(30)25-19)14-16-7-4-3-5-8-16/h3-12,15,19H,13-14H2,1-2H3,(H,24,28)(H,25,30)/t19-/m1/s1. The molecule has 2 aromatic carbocycles. The number of amides is 4. The zero-order valence-electron chi connectivity index (χ0n) is 17.0. The van der Waals surface area contributed by atoms with E-state index in [4.69, 9.17) is 0 Å². The van der Waals surface area contributed by atoms with Gasteiger partial charge in [0.25, 0.3) is 5.91 Å². The van der Waals surface area contributed by atoms with Crippen molar-refractivity contribution in [2.75, 3.05) is 5.32 Å². The topological polar surface area (TPSA) is 83.4 Å². The number of nitrogens with one attached hydrogen (secondary N) is 2. The van der Waals surface area contributed by atoms with Crippen LogP contribution in [-0.4, -0.2) is 33.4 Å². The fraction of sp³-hybridized carbons (Fsp3) is 0.261. The van der Waals surface area contributed by atoms with Crippen LogP contribution in [0.15, 0.2) is 60.8 Å². The molecule has 1 fully saturated rings. The van der Waals surface area contributed by atoms with Crippen molar-refractivity contribution < 1.29 is 14.4 Å². The van der Waals surface area contributed by atoms with Gasteiger partial charge in [-0.1, -0.05) is 36.4 Å². The number of urea groups is 1. The van der Waals surface area contributed by atoms with Crippen LogP contribution in [0.3, 0.4) is 0 Å². The Morgan fingerprint density at radius 2 is 1.83 bits per heavy atom. The van der Waals surface area contributed by atoms with Gasteiger partial charge in [-0.3, -0.25) is 14.5 Å². The first-order valence-corrected chi connectivity index (χ1v) is 9.99. The summed E-state index contributed by atoms with van der Waals surface area (Å²) in [5.74, 6) is -0.705. The molecule has 4 amide bonds. The van der Waals surface area contributed by atoms with E-state index in [9.17, 15) is 14.4 Å². The van der Waals surface area contributed by atoms with Gasteiger partial charge >= 0.3 is 6.03 Å². The third-order valence-electron chi connectivity index (χ3n) is 5.27. The number of imide groups is 1. The van der Waals surface area contributed by atoms with Gasteiger partial charge in [0, 0.05) is 17.6 Å². The van der Waals surface area contributed by atoms with Crippen molar-refractivity contribution in [1.82, 2.24) is 14.8 Å². The quantitative estimate of drug-likeness (QED) is 0.615. The number of nitrogens with zero attached hydrogens (tertiary/aromatic N) is 2. The van der Waals surface area contributed by atoms with Crippen molar-refractivity contribution in [2.45, 2.75) is 38.9 Å². The molecule has 7 nitrogen and oxygen atoms in total. The van der Waals surface area contributed by atoms with Crippen molar-refractivity contribution in [3.8, 4) is 0 Å². The monoisotopic (exact) mass is 404 g/mol. The molecule has 1 saturated heterocycles. The van der Waals surface area contributed by atoms with E-state index in [-0.39, 0.29) is 24.8 Å². The van der Waals surface area contributed by atoms with E-state index in [0.717, 1.165) is 21.4 Å². The molecular formula is C23H24N4O3. The highest BCUT2D eigenvalue weighted by atomic mass is 16.2. The molecule has 3 aromatic rings. The number of benzene rings is 2. The highest BCUT2D eigenvalue weighted by Crippen LogP contribution is 2.27. The first kappa shape index (κ1) is 19.7. The van der Waals surface area contributed by atoms with Crippen LogP contribution in [0.25, 0.3) is 10.9 Å². The highest BCUT2D eigenvalue weighted by Gasteiger charge is 2.39. The lowest BCUT2D eigenvalue weighted by Gasteiger charge is -2.13. The lowest BCUT2D eigenvalue weighted by molar-refractivity contribution is -0.130. The van der Waals surface area contributed by atoms with Gasteiger partial charge < -0.3 is 15.2 Å². The number of fused-ring (bicyclic) bond motifs is 1. The van der Waals surface area contributed by atoms with E-state index in [1.54, 1.807) is 0 Å². The van der Waals surface area contributed by atoms with E-state index in [0.29, 0.717) is 11.7 Å². The van der Waals surface area contributed by atoms with Crippen LogP contribution in [0.1, 0.15) is 31.9 Å². The summed E-state index contributed by atoms with van der Waals surface area (Å²) in [6.07, 6.45) is 1.88. The van der Waals surface area contributed by atoms with Gasteiger partial charge in [0.15, 0.2) is 0 Å². The summed E-state index contributed by atoms with van der Waals surface area (Å²) < 4.78 is 2.13. The second-order valence-electron chi connectivity index (χ2n) is 7.72. The van der Waals surface area contributed by atoms with Gasteiger partial charge in [-0.25, -0.2) is 4.79 Å². The van der Waals surface area contributed by atoms with E-state index < -0.39 is 12.1 Å². The minimum atomic E-state index is -0.860. The molecule has 2 N–H and O–H groups in total. The zero-order valence-corrected chi connectivity index (χ0v) is 17.0. The minimum Gasteiger partial charge on any atom is -0.345 e. The Morgan fingerprint density at radius 3 is 2.57 bits per heavy atom. The van der Waals surface area contributed by atoms with Crippen molar-refractivity contribution in [3.63, 3.8) is 0 Å². The Balaban J connectivity index is 1.44. The molecule has 0 unspecified atom stereocenters. The summed E-state index contributed by atoms with van der Waals surface area (Å²) >= 11 is 0. The Morgan fingerprint density at radius 1 is 1.07 bits per heavy atom. The SMILES string of the molecule is CC(C)n1ccc2c(NC(=O)C[C@H]3NC(=O)N(Cc4ccccc4)C3=O)cccc21. The maximum Gasteiger partial charge on any atom is 0.325 e. The predicted octanol–water partition coefficient (Wildman–Crippen LogP) is 3.67. The van der Waals surface area contributed by atoms with E-state index in [2.05, 4.69) is 29.0 Å². The highest BCUT2D eigenvalue weighted by molar-refractivity contribution is 6.08. The molecule has 7 heteroatoms. The number of aromatic nitrogens is 1. The molecule has 2 heterocycles. The molecule has 1 atom stereocenters. The lowest BCUT2D eigenvalue weighted by atomic mass is 10.1. The summed E-state index contributed by atoms with van der Waals surface area (Å²) in [7, 11) is 0. The predicted molar refractivity (Wildman–Crippen MR) is 115 cm³/mol. The Bertz CT molecular complexity index is 1100. The molecule has 1 aromatic heterocycles. The Kier molecular flexibility index (Phi) is 5.27. The minimum absolute atomic E-state index is 0.114. The van der Waals surface area contributed by atoms with Crippen LogP contribution < -0.4 is 10.6 Å². The van der Waals surface area contributed by atoms with Gasteiger partial charge in [-0.15, -0.1) is 0 Å². The van der Waals surface area contributed by atoms with Crippen LogP contribution in [0.4, 0.5) is 10.5 Å². The fourth-order valence-electron chi connectivity index (χ4n) is 3.77. The van der Waals surface area contributed by atoms with Crippen LogP contribution in [-0.2, 0) is 16.1 Å². The third kappa shape index (κ3) is 3.78. The third-order valence-corrected chi connectivity index (χ3v) is 5.27. The van der Waals surface area contributed by atoms with Gasteiger partial charge in [-0.2, -0.15) is 0 Å². The van der Waals surface area contributed by atoms with Crippen LogP contribution >= 0.6 is 0 Å². The molecule has 154 valence electrons. The largest absolute Gasteiger partial charge is 0.345 e. The average Bonchev–Trinajstić information content (AvgIpc) is 3.27. The Hall–Kier alpha value is -3.61. The number of rotatable bonds is 6. The molecule has 0 radical (unpaired) electrons. The normalized spacial score (nSPS) is 16.4. The molecule has 1 aliphatic rings. The first-order chi connectivity index (χ1) is 14.4. The van der Waals surface area contributed by atoms with Crippen LogP contribution in [0, 0.1) is 0 Å². The summed E-state index contributed by atoms with van der Waals surface area (Å²) in [5, 5.41) is 6.45. The lowest BCUT2D eigenvalue weighted by Crippen LogP contribution is -2.34. The van der Waals surface area contributed by atoms with Crippen LogP contribution in [0.2, 0.25) is 0 Å². The molecule has 0 spiro atoms. The van der Waals surface area contributed by atoms with Gasteiger partial charge in [0.05, 0.1) is 24.2 Å². The molecule has 1 aliphatic heterocycles. The van der Waals surface area contributed by atoms with Crippen molar-refractivity contribution >= 4 is 34.4 Å². The second-order valence-corrected chi connectivity index (χ2v) is 7.72. The van der Waals surface area contributed by atoms with Crippen molar-refractivity contribution in [3.05, 3.63) is 66.4 Å². The van der Waals surface area contributed by atoms with Crippen molar-refractivity contribution in [2.24, 2.45) is 0 Å². The summed E-state index contributed by atoms with van der Waals surface area (Å²) in [6.45, 7) is 4.38. The number of hydrogen-bond acceptors (Lipinski definition) is 3. The Labute approximate surface area is 174 Å². The van der Waals surface area contributed by atoms with E-state index in [1.165, 1.54) is 0 Å².